The molecule has 3 heterocycles. The first-order valence-electron chi connectivity index (χ1n) is 16.6. The maximum Gasteiger partial charge on any atom is 0.164 e. The molecule has 0 atom stereocenters. The van der Waals surface area contributed by atoms with Crippen LogP contribution >= 0.6 is 0 Å². The molecular formula is C45H27N3O2. The van der Waals surface area contributed by atoms with Crippen molar-refractivity contribution < 1.29 is 8.83 Å². The Labute approximate surface area is 287 Å². The van der Waals surface area contributed by atoms with E-state index < -0.39 is 0 Å². The maximum atomic E-state index is 6.53. The Bertz CT molecular complexity index is 2850. The van der Waals surface area contributed by atoms with Crippen LogP contribution in [-0.4, -0.2) is 15.0 Å². The first-order chi connectivity index (χ1) is 24.8. The SMILES string of the molecule is c1ccc(-c2ccc(-c3nc(-c4ccccc4)nc(-c4cc(-c5cccc6c5oc5ccccc56)cc5oc6ccccc6c45)n3)cc2)cc1. The van der Waals surface area contributed by atoms with Crippen molar-refractivity contribution in [2.24, 2.45) is 0 Å². The average molecular weight is 642 g/mol. The van der Waals surface area contributed by atoms with Crippen LogP contribution in [-0.2, 0) is 0 Å². The van der Waals surface area contributed by atoms with Gasteiger partial charge in [0.1, 0.15) is 22.3 Å². The molecule has 0 unspecified atom stereocenters. The minimum absolute atomic E-state index is 0.566. The van der Waals surface area contributed by atoms with Gasteiger partial charge in [0.15, 0.2) is 17.5 Å². The van der Waals surface area contributed by atoms with E-state index >= 15 is 0 Å². The lowest BCUT2D eigenvalue weighted by atomic mass is 9.96. The molecule has 0 fully saturated rings. The molecule has 0 aliphatic rings. The predicted molar refractivity (Wildman–Crippen MR) is 202 cm³/mol. The quantitative estimate of drug-likeness (QED) is 0.187. The van der Waals surface area contributed by atoms with E-state index in [0.717, 1.165) is 82.8 Å². The van der Waals surface area contributed by atoms with Crippen LogP contribution < -0.4 is 0 Å². The molecule has 10 rings (SSSR count). The van der Waals surface area contributed by atoms with Crippen molar-refractivity contribution in [1.29, 1.82) is 0 Å². The number of nitrogens with zero attached hydrogens (tertiary/aromatic N) is 3. The number of benzene rings is 7. The van der Waals surface area contributed by atoms with Gasteiger partial charge in [-0.25, -0.2) is 15.0 Å². The Kier molecular flexibility index (Phi) is 6.42. The van der Waals surface area contributed by atoms with Gasteiger partial charge in [-0.3, -0.25) is 0 Å². The van der Waals surface area contributed by atoms with Crippen LogP contribution in [0.4, 0.5) is 0 Å². The Morgan fingerprint density at radius 2 is 0.860 bits per heavy atom. The monoisotopic (exact) mass is 641 g/mol. The van der Waals surface area contributed by atoms with E-state index in [1.165, 1.54) is 0 Å². The molecule has 3 aromatic heterocycles. The lowest BCUT2D eigenvalue weighted by molar-refractivity contribution is 0.668. The van der Waals surface area contributed by atoms with E-state index in [9.17, 15) is 0 Å². The Morgan fingerprint density at radius 1 is 0.320 bits per heavy atom. The number of hydrogen-bond donors (Lipinski definition) is 0. The van der Waals surface area contributed by atoms with Crippen molar-refractivity contribution in [3.8, 4) is 56.4 Å². The van der Waals surface area contributed by atoms with Crippen LogP contribution in [0.2, 0.25) is 0 Å². The summed E-state index contributed by atoms with van der Waals surface area (Å²) in [6.07, 6.45) is 0. The van der Waals surface area contributed by atoms with Crippen molar-refractivity contribution in [2.75, 3.05) is 0 Å². The summed E-state index contributed by atoms with van der Waals surface area (Å²) in [6.45, 7) is 0. The number of rotatable bonds is 5. The Hall–Kier alpha value is -6.85. The van der Waals surface area contributed by atoms with Crippen LogP contribution in [0.15, 0.2) is 173 Å². The summed E-state index contributed by atoms with van der Waals surface area (Å²) in [4.78, 5) is 15.3. The second kappa shape index (κ2) is 11.4. The van der Waals surface area contributed by atoms with Gasteiger partial charge in [0, 0.05) is 43.8 Å². The Morgan fingerprint density at radius 3 is 1.60 bits per heavy atom. The predicted octanol–water partition coefficient (Wildman–Crippen LogP) is 12.0. The third-order valence-corrected chi connectivity index (χ3v) is 9.35. The molecule has 50 heavy (non-hydrogen) atoms. The van der Waals surface area contributed by atoms with Gasteiger partial charge in [-0.2, -0.15) is 0 Å². The summed E-state index contributed by atoms with van der Waals surface area (Å²) in [6, 6.07) is 55.7. The molecule has 0 amide bonds. The second-order valence-corrected chi connectivity index (χ2v) is 12.4. The van der Waals surface area contributed by atoms with Crippen molar-refractivity contribution in [3.05, 3.63) is 164 Å². The van der Waals surface area contributed by atoms with E-state index in [0.29, 0.717) is 17.5 Å². The topological polar surface area (TPSA) is 65.0 Å². The third kappa shape index (κ3) is 4.67. The van der Waals surface area contributed by atoms with Gasteiger partial charge in [-0.15, -0.1) is 0 Å². The van der Waals surface area contributed by atoms with Crippen LogP contribution in [0, 0.1) is 0 Å². The van der Waals surface area contributed by atoms with Crippen molar-refractivity contribution in [2.45, 2.75) is 0 Å². The fourth-order valence-corrected chi connectivity index (χ4v) is 6.94. The highest BCUT2D eigenvalue weighted by Crippen LogP contribution is 2.42. The van der Waals surface area contributed by atoms with Gasteiger partial charge < -0.3 is 8.83 Å². The van der Waals surface area contributed by atoms with Crippen molar-refractivity contribution >= 4 is 43.9 Å². The minimum atomic E-state index is 0.566. The fourth-order valence-electron chi connectivity index (χ4n) is 6.94. The van der Waals surface area contributed by atoms with Crippen LogP contribution in [0.25, 0.3) is 100 Å². The normalized spacial score (nSPS) is 11.6. The first kappa shape index (κ1) is 28.2. The molecule has 7 aromatic carbocycles. The van der Waals surface area contributed by atoms with Crippen molar-refractivity contribution in [3.63, 3.8) is 0 Å². The molecule has 0 aliphatic heterocycles. The van der Waals surface area contributed by atoms with Crippen LogP contribution in [0.1, 0.15) is 0 Å². The lowest BCUT2D eigenvalue weighted by Gasteiger charge is -2.11. The minimum Gasteiger partial charge on any atom is -0.456 e. The lowest BCUT2D eigenvalue weighted by Crippen LogP contribution is -2.00. The third-order valence-electron chi connectivity index (χ3n) is 9.35. The highest BCUT2D eigenvalue weighted by molar-refractivity contribution is 6.15. The second-order valence-electron chi connectivity index (χ2n) is 12.4. The van der Waals surface area contributed by atoms with Gasteiger partial charge in [-0.05, 0) is 41.0 Å². The molecule has 0 spiro atoms. The average Bonchev–Trinajstić information content (AvgIpc) is 3.77. The molecule has 10 aromatic rings. The molecule has 0 saturated carbocycles. The molecule has 0 saturated heterocycles. The van der Waals surface area contributed by atoms with Gasteiger partial charge in [0.2, 0.25) is 0 Å². The standard InChI is InChI=1S/C45H27N3O2/c1-3-12-28(13-4-1)29-22-24-31(25-23-29)44-46-43(30-14-5-2-6-15-30)47-45(48-44)37-26-32(27-40-41(37)36-17-8-10-21-39(36)49-40)33-18-11-19-35-34-16-7-9-20-38(34)50-42(33)35/h1-27H. The molecular weight excluding hydrogens is 615 g/mol. The largest absolute Gasteiger partial charge is 0.456 e. The van der Waals surface area contributed by atoms with Gasteiger partial charge >= 0.3 is 0 Å². The highest BCUT2D eigenvalue weighted by Gasteiger charge is 2.21. The Balaban J connectivity index is 1.23. The summed E-state index contributed by atoms with van der Waals surface area (Å²) in [5.74, 6) is 1.76. The van der Waals surface area contributed by atoms with Crippen LogP contribution in [0.5, 0.6) is 0 Å². The number of furan rings is 2. The fraction of sp³-hybridized carbons (Fsp3) is 0. The van der Waals surface area contributed by atoms with E-state index in [1.54, 1.807) is 0 Å². The molecule has 5 nitrogen and oxygen atoms in total. The number of fused-ring (bicyclic) bond motifs is 6. The van der Waals surface area contributed by atoms with Gasteiger partial charge in [0.25, 0.3) is 0 Å². The molecule has 0 bridgehead atoms. The molecule has 0 N–H and O–H groups in total. The summed E-state index contributed by atoms with van der Waals surface area (Å²) < 4.78 is 13.0. The summed E-state index contributed by atoms with van der Waals surface area (Å²) >= 11 is 0. The molecule has 5 heteroatoms. The van der Waals surface area contributed by atoms with E-state index in [-0.39, 0.29) is 0 Å². The molecule has 0 radical (unpaired) electrons. The summed E-state index contributed by atoms with van der Waals surface area (Å²) in [7, 11) is 0. The number of para-hydroxylation sites is 3. The van der Waals surface area contributed by atoms with E-state index in [2.05, 4.69) is 91.0 Å². The van der Waals surface area contributed by atoms with E-state index in [1.807, 2.05) is 72.8 Å². The summed E-state index contributed by atoms with van der Waals surface area (Å²) in [5.41, 5.74) is 10.1. The first-order valence-corrected chi connectivity index (χ1v) is 16.6. The summed E-state index contributed by atoms with van der Waals surface area (Å²) in [5, 5.41) is 4.11. The van der Waals surface area contributed by atoms with Crippen LogP contribution in [0.3, 0.4) is 0 Å². The van der Waals surface area contributed by atoms with Crippen molar-refractivity contribution in [1.82, 2.24) is 15.0 Å². The molecule has 0 aliphatic carbocycles. The zero-order valence-electron chi connectivity index (χ0n) is 26.7. The van der Waals surface area contributed by atoms with E-state index in [4.69, 9.17) is 23.8 Å². The zero-order chi connectivity index (χ0) is 33.0. The number of hydrogen-bond acceptors (Lipinski definition) is 5. The molecule has 234 valence electrons. The zero-order valence-corrected chi connectivity index (χ0v) is 26.7. The smallest absolute Gasteiger partial charge is 0.164 e. The maximum absolute atomic E-state index is 6.53. The van der Waals surface area contributed by atoms with Gasteiger partial charge in [-0.1, -0.05) is 140 Å². The van der Waals surface area contributed by atoms with Gasteiger partial charge in [0.05, 0.1) is 0 Å². The number of aromatic nitrogens is 3. The highest BCUT2D eigenvalue weighted by atomic mass is 16.3.